The van der Waals surface area contributed by atoms with Crippen LogP contribution in [0.25, 0.3) is 0 Å². The normalized spacial score (nSPS) is 53.6. The monoisotopic (exact) mass is 523 g/mol. The van der Waals surface area contributed by atoms with Crippen molar-refractivity contribution in [3.8, 4) is 0 Å². The van der Waals surface area contributed by atoms with Crippen molar-refractivity contribution in [3.63, 3.8) is 0 Å². The van der Waals surface area contributed by atoms with Crippen molar-refractivity contribution in [2.75, 3.05) is 0 Å². The van der Waals surface area contributed by atoms with Gasteiger partial charge in [0.25, 0.3) is 0 Å². The Morgan fingerprint density at radius 1 is 0.462 bits per heavy atom. The molecule has 0 unspecified atom stereocenters. The summed E-state index contributed by atoms with van der Waals surface area (Å²) < 4.78 is 0. The van der Waals surface area contributed by atoms with Gasteiger partial charge in [-0.3, -0.25) is 0 Å². The van der Waals surface area contributed by atoms with Crippen LogP contribution in [-0.2, 0) is 0 Å². The number of hydrogen-bond donors (Lipinski definition) is 0. The number of rotatable bonds is 4. The van der Waals surface area contributed by atoms with Crippen LogP contribution in [0.4, 0.5) is 0 Å². The van der Waals surface area contributed by atoms with Crippen molar-refractivity contribution >= 4 is 5.97 Å². The van der Waals surface area contributed by atoms with Gasteiger partial charge in [0, 0.05) is 5.56 Å². The van der Waals surface area contributed by atoms with E-state index < -0.39 is 5.97 Å². The Morgan fingerprint density at radius 2 is 0.744 bits per heavy atom. The van der Waals surface area contributed by atoms with Gasteiger partial charge in [-0.1, -0.05) is 12.1 Å². The Morgan fingerprint density at radius 3 is 1.03 bits per heavy atom. The van der Waals surface area contributed by atoms with Crippen LogP contribution in [0, 0.1) is 71.0 Å². The third kappa shape index (κ3) is 3.36. The molecule has 39 heavy (non-hydrogen) atoms. The molecular formula is C37H47O2-. The molecule has 0 radical (unpaired) electrons. The third-order valence-electron chi connectivity index (χ3n) is 15.2. The Bertz CT molecular complexity index is 1060. The molecule has 0 heterocycles. The first kappa shape index (κ1) is 23.3. The van der Waals surface area contributed by atoms with Crippen molar-refractivity contribution in [3.05, 3.63) is 34.4 Å². The molecule has 0 spiro atoms. The molecule has 12 aliphatic rings. The Labute approximate surface area is 235 Å². The van der Waals surface area contributed by atoms with Gasteiger partial charge in [-0.2, -0.15) is 0 Å². The molecule has 0 atom stereocenters. The van der Waals surface area contributed by atoms with Crippen LogP contribution in [0.5, 0.6) is 0 Å². The van der Waals surface area contributed by atoms with Crippen LogP contribution in [0.2, 0.25) is 0 Å². The van der Waals surface area contributed by atoms with Gasteiger partial charge in [0.1, 0.15) is 0 Å². The third-order valence-corrected chi connectivity index (χ3v) is 15.2. The van der Waals surface area contributed by atoms with Crippen LogP contribution in [0.3, 0.4) is 0 Å². The minimum atomic E-state index is -0.834. The van der Waals surface area contributed by atoms with E-state index in [2.05, 4.69) is 12.1 Å². The smallest absolute Gasteiger partial charge is 0.0721 e. The molecule has 0 aromatic heterocycles. The second-order valence-electron chi connectivity index (χ2n) is 17.2. The number of carboxylic acid groups (broad SMARTS) is 1. The number of benzene rings is 1. The number of aromatic carboxylic acids is 1. The first-order valence-electron chi connectivity index (χ1n) is 17.4. The number of carbonyl (C=O) groups is 1. The van der Waals surface area contributed by atoms with Crippen LogP contribution >= 0.6 is 0 Å². The molecule has 13 rings (SSSR count). The highest BCUT2D eigenvalue weighted by atomic mass is 16.4. The van der Waals surface area contributed by atoms with Gasteiger partial charge < -0.3 is 9.90 Å². The maximum Gasteiger partial charge on any atom is 0.0721 e. The highest BCUT2D eigenvalue weighted by Gasteiger charge is 2.53. The summed E-state index contributed by atoms with van der Waals surface area (Å²) in [5, 5.41) is 13.3. The minimum absolute atomic E-state index is 0.484. The average molecular weight is 524 g/mol. The molecule has 2 heteroatoms. The maximum atomic E-state index is 13.3. The van der Waals surface area contributed by atoms with Crippen molar-refractivity contribution < 1.29 is 9.90 Å². The van der Waals surface area contributed by atoms with E-state index in [9.17, 15) is 9.90 Å². The molecule has 0 amide bonds. The second-order valence-corrected chi connectivity index (χ2v) is 17.2. The molecule has 0 N–H and O–H groups in total. The molecule has 12 aliphatic carbocycles. The van der Waals surface area contributed by atoms with Crippen molar-refractivity contribution in [2.24, 2.45) is 71.0 Å². The summed E-state index contributed by atoms with van der Waals surface area (Å²) in [7, 11) is 0. The van der Waals surface area contributed by atoms with Gasteiger partial charge in [0.05, 0.1) is 5.97 Å². The quantitative estimate of drug-likeness (QED) is 0.406. The topological polar surface area (TPSA) is 40.1 Å². The molecule has 1 aromatic carbocycles. The zero-order valence-electron chi connectivity index (χ0n) is 23.7. The lowest BCUT2D eigenvalue weighted by atomic mass is 9.48. The highest BCUT2D eigenvalue weighted by molar-refractivity contribution is 5.90. The first-order chi connectivity index (χ1) is 19.0. The fourth-order valence-electron chi connectivity index (χ4n) is 15.0. The summed E-state index contributed by atoms with van der Waals surface area (Å²) >= 11 is 0. The lowest BCUT2D eigenvalue weighted by Crippen LogP contribution is -2.46. The fraction of sp³-hybridized carbons (Fsp3) is 0.811. The fourth-order valence-corrected chi connectivity index (χ4v) is 15.0. The predicted molar refractivity (Wildman–Crippen MR) is 150 cm³/mol. The molecule has 1 aromatic rings. The Hall–Kier alpha value is -1.31. The summed E-state index contributed by atoms with van der Waals surface area (Å²) in [6.07, 6.45) is 21.1. The van der Waals surface area contributed by atoms with Crippen molar-refractivity contribution in [1.82, 2.24) is 0 Å². The number of carboxylic acids is 1. The van der Waals surface area contributed by atoms with E-state index in [1.165, 1.54) is 107 Å². The predicted octanol–water partition coefficient (Wildman–Crippen LogP) is 7.67. The summed E-state index contributed by atoms with van der Waals surface area (Å²) in [5.74, 6) is 11.1. The maximum absolute atomic E-state index is 13.3. The Balaban J connectivity index is 1.14. The van der Waals surface area contributed by atoms with E-state index in [1.54, 1.807) is 5.56 Å². The van der Waals surface area contributed by atoms with Crippen molar-refractivity contribution in [2.45, 2.75) is 114 Å². The van der Waals surface area contributed by atoms with Gasteiger partial charge >= 0.3 is 0 Å². The summed E-state index contributed by atoms with van der Waals surface area (Å²) in [4.78, 5) is 13.3. The van der Waals surface area contributed by atoms with Crippen LogP contribution in [0.1, 0.15) is 141 Å². The molecule has 12 fully saturated rings. The highest BCUT2D eigenvalue weighted by Crippen LogP contribution is 2.65. The van der Waals surface area contributed by atoms with Gasteiger partial charge in [0.15, 0.2) is 0 Å². The number of hydrogen-bond acceptors (Lipinski definition) is 2. The first-order valence-corrected chi connectivity index (χ1v) is 17.4. The zero-order valence-corrected chi connectivity index (χ0v) is 23.7. The zero-order chi connectivity index (χ0) is 25.6. The summed E-state index contributed by atoms with van der Waals surface area (Å²) in [5.41, 5.74) is 4.90. The summed E-state index contributed by atoms with van der Waals surface area (Å²) in [6.45, 7) is 0. The van der Waals surface area contributed by atoms with Crippen LogP contribution in [0.15, 0.2) is 12.1 Å². The van der Waals surface area contributed by atoms with Crippen molar-refractivity contribution in [1.29, 1.82) is 0 Å². The van der Waals surface area contributed by atoms with Crippen LogP contribution in [-0.4, -0.2) is 5.97 Å². The van der Waals surface area contributed by atoms with E-state index in [-0.39, 0.29) is 0 Å². The van der Waals surface area contributed by atoms with Gasteiger partial charge in [0.2, 0.25) is 0 Å². The van der Waals surface area contributed by atoms with E-state index in [1.807, 2.05) is 0 Å². The largest absolute Gasteiger partial charge is 0.545 e. The summed E-state index contributed by atoms with van der Waals surface area (Å²) in [6, 6.07) is 5.09. The van der Waals surface area contributed by atoms with Crippen LogP contribution < -0.4 is 5.11 Å². The number of carbonyl (C=O) groups excluding carboxylic acids is 1. The van der Waals surface area contributed by atoms with E-state index in [0.717, 1.165) is 76.6 Å². The SMILES string of the molecule is O=C([O-])c1c(C2C3CC4CC(C3)CC2C4)cc(C2C3CC4CC(C3)CC2C4)cc1C1C2CC3CC(C2)CC1C3. The van der Waals surface area contributed by atoms with E-state index in [4.69, 9.17) is 0 Å². The molecule has 0 aliphatic heterocycles. The second kappa shape index (κ2) is 8.16. The van der Waals surface area contributed by atoms with Gasteiger partial charge in [-0.15, -0.1) is 0 Å². The minimum Gasteiger partial charge on any atom is -0.545 e. The van der Waals surface area contributed by atoms with E-state index in [0.29, 0.717) is 17.8 Å². The molecule has 2 nitrogen and oxygen atoms in total. The molecule has 12 saturated carbocycles. The lowest BCUT2D eigenvalue weighted by molar-refractivity contribution is -0.255. The van der Waals surface area contributed by atoms with E-state index >= 15 is 0 Å². The Kier molecular flexibility index (Phi) is 4.87. The lowest BCUT2D eigenvalue weighted by Gasteiger charge is -2.57. The average Bonchev–Trinajstić information content (AvgIpc) is 2.86. The molecule has 208 valence electrons. The van der Waals surface area contributed by atoms with Gasteiger partial charge in [-0.25, -0.2) is 0 Å². The molecule has 12 bridgehead atoms. The van der Waals surface area contributed by atoms with Gasteiger partial charge in [-0.05, 0) is 202 Å². The standard InChI is InChI=1S/C37H48O2/c38-37(39)36-31(34-26-8-20-2-21(10-26)11-27(34)9-20)16-30(33-24-4-18-1-19(6-24)7-25(33)5-18)17-32(36)35-28-12-22-3-23(14-28)15-29(35)13-22/h16-29,33-35H,1-15H2,(H,38,39)/p-1. The molecular weight excluding hydrogens is 476 g/mol. The molecule has 0 saturated heterocycles.